The lowest BCUT2D eigenvalue weighted by Gasteiger charge is -2.07. The monoisotopic (exact) mass is 389 g/mol. The molecule has 3 rings (SSSR count). The van der Waals surface area contributed by atoms with E-state index in [2.05, 4.69) is 15.2 Å². The number of aromatic amines is 1. The predicted octanol–water partition coefficient (Wildman–Crippen LogP) is 2.67. The normalized spacial score (nSPS) is 11.6. The molecule has 26 heavy (non-hydrogen) atoms. The average Bonchev–Trinajstić information content (AvgIpc) is 3.24. The molecular weight excluding hydrogens is 376 g/mol. The first kappa shape index (κ1) is 18.1. The summed E-state index contributed by atoms with van der Waals surface area (Å²) in [6.07, 6.45) is 1.38. The first-order valence-corrected chi connectivity index (χ1v) is 8.68. The Hall–Kier alpha value is -2.71. The molecule has 134 valence electrons. The largest absolute Gasteiger partial charge is 0.544 e. The van der Waals surface area contributed by atoms with E-state index in [-0.39, 0.29) is 10.1 Å². The Bertz CT molecular complexity index is 947. The summed E-state index contributed by atoms with van der Waals surface area (Å²) in [6, 6.07) is 10.5. The Morgan fingerprint density at radius 1 is 1.27 bits per heavy atom. The van der Waals surface area contributed by atoms with Crippen LogP contribution < -0.4 is 10.0 Å². The van der Waals surface area contributed by atoms with Crippen LogP contribution >= 0.6 is 23.4 Å². The number of nitrogens with one attached hydrogen (secondary N) is 1. The van der Waals surface area contributed by atoms with Gasteiger partial charge < -0.3 is 19.2 Å². The number of aliphatic carboxylic acids is 1. The number of H-pyrrole nitrogens is 1. The van der Waals surface area contributed by atoms with Crippen LogP contribution in [0.4, 0.5) is 5.88 Å². The van der Waals surface area contributed by atoms with Gasteiger partial charge in [-0.3, -0.25) is 5.10 Å². The lowest BCUT2D eigenvalue weighted by molar-refractivity contribution is -0.298. The molecule has 9 heteroatoms. The van der Waals surface area contributed by atoms with Gasteiger partial charge in [-0.05, 0) is 48.2 Å². The number of hydrogen-bond donors (Lipinski definition) is 1. The number of rotatable bonds is 6. The molecule has 1 aromatic carbocycles. The van der Waals surface area contributed by atoms with Crippen molar-refractivity contribution in [3.8, 4) is 11.4 Å². The van der Waals surface area contributed by atoms with Crippen molar-refractivity contribution in [1.29, 1.82) is 0 Å². The van der Waals surface area contributed by atoms with Crippen LogP contribution in [0, 0.1) is 0 Å². The smallest absolute Gasteiger partial charge is 0.213 e. The van der Waals surface area contributed by atoms with Gasteiger partial charge >= 0.3 is 0 Å². The van der Waals surface area contributed by atoms with Crippen molar-refractivity contribution in [2.24, 2.45) is 0 Å². The highest BCUT2D eigenvalue weighted by Crippen LogP contribution is 2.28. The van der Waals surface area contributed by atoms with E-state index in [0.29, 0.717) is 22.5 Å². The molecule has 2 aromatic heterocycles. The number of anilines is 1. The van der Waals surface area contributed by atoms with E-state index in [0.717, 1.165) is 17.3 Å². The summed E-state index contributed by atoms with van der Waals surface area (Å²) < 4.78 is 5.53. The van der Waals surface area contributed by atoms with Gasteiger partial charge in [-0.1, -0.05) is 11.6 Å². The van der Waals surface area contributed by atoms with E-state index < -0.39 is 5.97 Å². The second-order valence-electron chi connectivity index (χ2n) is 5.44. The Morgan fingerprint density at radius 2 is 2.00 bits per heavy atom. The van der Waals surface area contributed by atoms with Gasteiger partial charge in [0.1, 0.15) is 5.76 Å². The molecule has 0 saturated heterocycles. The van der Waals surface area contributed by atoms with Crippen LogP contribution in [0.1, 0.15) is 5.76 Å². The molecule has 7 nitrogen and oxygen atoms in total. The number of halogens is 1. The summed E-state index contributed by atoms with van der Waals surface area (Å²) in [5.74, 6) is 0.182. The number of aromatic nitrogens is 3. The van der Waals surface area contributed by atoms with Crippen molar-refractivity contribution in [1.82, 2.24) is 15.2 Å². The Labute approximate surface area is 158 Å². The molecule has 3 aromatic rings. The van der Waals surface area contributed by atoms with Crippen molar-refractivity contribution in [3.63, 3.8) is 0 Å². The lowest BCUT2D eigenvalue weighted by atomic mass is 10.2. The highest BCUT2D eigenvalue weighted by Gasteiger charge is 2.11. The maximum absolute atomic E-state index is 11.4. The van der Waals surface area contributed by atoms with E-state index >= 15 is 0 Å². The second-order valence-corrected chi connectivity index (χ2v) is 6.89. The first-order valence-electron chi connectivity index (χ1n) is 7.49. The molecule has 0 aliphatic carbocycles. The van der Waals surface area contributed by atoms with Crippen LogP contribution in [0.2, 0.25) is 5.02 Å². The highest BCUT2D eigenvalue weighted by molar-refractivity contribution is 8.04. The van der Waals surface area contributed by atoms with Crippen LogP contribution in [0.3, 0.4) is 0 Å². The molecule has 0 aliphatic rings. The summed E-state index contributed by atoms with van der Waals surface area (Å²) in [5, 5.41) is 19.1. The molecule has 0 aliphatic heterocycles. The topological polar surface area (TPSA) is 98.1 Å². The van der Waals surface area contributed by atoms with Crippen LogP contribution in [0.5, 0.6) is 0 Å². The fourth-order valence-corrected chi connectivity index (χ4v) is 2.86. The number of hydrogen-bond acceptors (Lipinski definition) is 7. The van der Waals surface area contributed by atoms with Crippen molar-refractivity contribution < 1.29 is 14.3 Å². The zero-order valence-corrected chi connectivity index (χ0v) is 15.5. The summed E-state index contributed by atoms with van der Waals surface area (Å²) in [7, 11) is 3.65. The predicted molar refractivity (Wildman–Crippen MR) is 98.7 cm³/mol. The van der Waals surface area contributed by atoms with Crippen LogP contribution in [0.15, 0.2) is 50.9 Å². The minimum Gasteiger partial charge on any atom is -0.544 e. The zero-order valence-electron chi connectivity index (χ0n) is 13.9. The van der Waals surface area contributed by atoms with Crippen LogP contribution in [0.25, 0.3) is 17.5 Å². The fraction of sp³-hybridized carbons (Fsp3) is 0.118. The molecule has 0 bridgehead atoms. The lowest BCUT2D eigenvalue weighted by Crippen LogP contribution is -2.23. The third-order valence-electron chi connectivity index (χ3n) is 3.31. The van der Waals surface area contributed by atoms with Crippen molar-refractivity contribution in [2.75, 3.05) is 19.0 Å². The third kappa shape index (κ3) is 4.27. The van der Waals surface area contributed by atoms with E-state index in [1.165, 1.54) is 6.08 Å². The molecule has 0 unspecified atom stereocenters. The number of carbonyl (C=O) groups excluding carboxylic acids is 1. The Morgan fingerprint density at radius 3 is 2.62 bits per heavy atom. The van der Waals surface area contributed by atoms with Gasteiger partial charge in [0.25, 0.3) is 0 Å². The highest BCUT2D eigenvalue weighted by atomic mass is 35.5. The van der Waals surface area contributed by atoms with Gasteiger partial charge in [-0.2, -0.15) is 0 Å². The molecule has 0 saturated carbocycles. The number of nitrogens with zero attached hydrogens (tertiary/aromatic N) is 3. The number of carbonyl (C=O) groups is 1. The van der Waals surface area contributed by atoms with Gasteiger partial charge in [-0.15, -0.1) is 5.10 Å². The molecular formula is C17H14ClN4O3S-. The number of carboxylic acids is 1. The Balaban J connectivity index is 1.81. The number of benzene rings is 1. The van der Waals surface area contributed by atoms with Crippen molar-refractivity contribution >= 4 is 41.3 Å². The van der Waals surface area contributed by atoms with E-state index in [4.69, 9.17) is 16.0 Å². The van der Waals surface area contributed by atoms with Crippen molar-refractivity contribution in [2.45, 2.75) is 5.16 Å². The maximum atomic E-state index is 11.4. The van der Waals surface area contributed by atoms with E-state index in [9.17, 15) is 9.90 Å². The number of furan rings is 1. The second kappa shape index (κ2) is 7.67. The van der Waals surface area contributed by atoms with Gasteiger partial charge in [0.15, 0.2) is 11.7 Å². The molecule has 0 amide bonds. The van der Waals surface area contributed by atoms with Gasteiger partial charge in [0, 0.05) is 35.7 Å². The molecule has 0 spiro atoms. The SMILES string of the molecule is CN(C)c1ccc(/C=C(\Sc2n[nH]c(-c3ccc(Cl)cc3)n2)C(=O)[O-])o1. The average molecular weight is 390 g/mol. The van der Waals surface area contributed by atoms with Gasteiger partial charge in [0.2, 0.25) is 5.16 Å². The number of carboxylic acid groups (broad SMARTS) is 1. The maximum Gasteiger partial charge on any atom is 0.213 e. The van der Waals surface area contributed by atoms with E-state index in [1.54, 1.807) is 41.3 Å². The molecule has 0 atom stereocenters. The minimum absolute atomic E-state index is 0.0636. The molecule has 2 heterocycles. The van der Waals surface area contributed by atoms with Gasteiger partial charge in [0.05, 0.1) is 5.97 Å². The quantitative estimate of drug-likeness (QED) is 0.511. The molecule has 1 N–H and O–H groups in total. The third-order valence-corrected chi connectivity index (χ3v) is 4.43. The minimum atomic E-state index is -1.34. The standard InChI is InChI=1S/C17H15ClN4O3S/c1-22(2)14-8-7-12(25-14)9-13(16(23)24)26-17-19-15(20-21-17)10-3-5-11(18)6-4-10/h3-9H,1-2H3,(H,23,24)(H,19,20,21)/p-1/b13-9-. The summed E-state index contributed by atoms with van der Waals surface area (Å²) in [5.41, 5.74) is 0.786. The van der Waals surface area contributed by atoms with E-state index in [1.807, 2.05) is 14.1 Å². The summed E-state index contributed by atoms with van der Waals surface area (Å²) in [4.78, 5) is 17.4. The molecule has 0 radical (unpaired) electrons. The fourth-order valence-electron chi connectivity index (χ4n) is 2.05. The zero-order chi connectivity index (χ0) is 18.7. The Kier molecular flexibility index (Phi) is 5.34. The van der Waals surface area contributed by atoms with Crippen LogP contribution in [-0.2, 0) is 4.79 Å². The number of thioether (sulfide) groups is 1. The van der Waals surface area contributed by atoms with Crippen molar-refractivity contribution in [3.05, 3.63) is 52.1 Å². The first-order chi connectivity index (χ1) is 12.4. The molecule has 0 fully saturated rings. The van der Waals surface area contributed by atoms with Gasteiger partial charge in [-0.25, -0.2) is 4.98 Å². The summed E-state index contributed by atoms with van der Waals surface area (Å²) >= 11 is 6.74. The van der Waals surface area contributed by atoms with Crippen LogP contribution in [-0.4, -0.2) is 35.2 Å². The summed E-state index contributed by atoms with van der Waals surface area (Å²) in [6.45, 7) is 0.